The minimum absolute atomic E-state index is 0.158. The van der Waals surface area contributed by atoms with Crippen LogP contribution in [0.5, 0.6) is 0 Å². The molecule has 1 aromatic carbocycles. The fraction of sp³-hybridized carbons (Fsp3) is 0.389. The van der Waals surface area contributed by atoms with E-state index in [4.69, 9.17) is 11.6 Å². The predicted molar refractivity (Wildman–Crippen MR) is 95.5 cm³/mol. The van der Waals surface area contributed by atoms with Crippen LogP contribution in [0.25, 0.3) is 11.4 Å². The largest absolute Gasteiger partial charge is 0.401 e. The molecule has 1 amide bonds. The Morgan fingerprint density at radius 3 is 2.48 bits per heavy atom. The molecule has 3 rings (SSSR count). The first-order valence-corrected chi connectivity index (χ1v) is 8.86. The van der Waals surface area contributed by atoms with Gasteiger partial charge in [-0.15, -0.1) is 0 Å². The van der Waals surface area contributed by atoms with E-state index in [2.05, 4.69) is 15.3 Å². The summed E-state index contributed by atoms with van der Waals surface area (Å²) in [6, 6.07) is 6.91. The molecule has 0 radical (unpaired) electrons. The summed E-state index contributed by atoms with van der Waals surface area (Å²) in [7, 11) is 0. The number of likely N-dealkylation sites (tertiary alicyclic amines) is 1. The van der Waals surface area contributed by atoms with Gasteiger partial charge in [0.05, 0.1) is 12.1 Å². The number of aromatic nitrogens is 2. The van der Waals surface area contributed by atoms with Gasteiger partial charge in [0.2, 0.25) is 0 Å². The lowest BCUT2D eigenvalue weighted by atomic mass is 10.0. The van der Waals surface area contributed by atoms with Crippen LogP contribution >= 0.6 is 11.6 Å². The number of hydrogen-bond donors (Lipinski definition) is 1. The molecule has 144 valence electrons. The Bertz CT molecular complexity index is 790. The highest BCUT2D eigenvalue weighted by Crippen LogP contribution is 2.21. The number of halogens is 4. The summed E-state index contributed by atoms with van der Waals surface area (Å²) >= 11 is 5.95. The van der Waals surface area contributed by atoms with Crippen LogP contribution in [0.15, 0.2) is 36.7 Å². The smallest absolute Gasteiger partial charge is 0.349 e. The first kappa shape index (κ1) is 19.6. The predicted octanol–water partition coefficient (Wildman–Crippen LogP) is 3.55. The molecule has 0 spiro atoms. The molecular weight excluding hydrogens is 381 g/mol. The first-order valence-electron chi connectivity index (χ1n) is 8.48. The Balaban J connectivity index is 1.54. The first-order chi connectivity index (χ1) is 12.8. The lowest BCUT2D eigenvalue weighted by Gasteiger charge is -2.32. The maximum absolute atomic E-state index is 12.4. The third-order valence-electron chi connectivity index (χ3n) is 4.32. The Hall–Kier alpha value is -2.19. The quantitative estimate of drug-likeness (QED) is 0.855. The fourth-order valence-corrected chi connectivity index (χ4v) is 3.17. The molecule has 0 bridgehead atoms. The fourth-order valence-electron chi connectivity index (χ4n) is 2.98. The number of nitrogens with one attached hydrogen (secondary N) is 1. The summed E-state index contributed by atoms with van der Waals surface area (Å²) in [6.45, 7) is -0.310. The van der Waals surface area contributed by atoms with Crippen molar-refractivity contribution in [3.63, 3.8) is 0 Å². The van der Waals surface area contributed by atoms with Gasteiger partial charge in [-0.2, -0.15) is 13.2 Å². The highest BCUT2D eigenvalue weighted by atomic mass is 35.5. The van der Waals surface area contributed by atoms with Gasteiger partial charge in [-0.05, 0) is 25.0 Å². The Kier molecular flexibility index (Phi) is 5.96. The maximum Gasteiger partial charge on any atom is 0.401 e. The molecule has 2 heterocycles. The molecule has 1 aromatic heterocycles. The summed E-state index contributed by atoms with van der Waals surface area (Å²) in [6.07, 6.45) is -0.389. The van der Waals surface area contributed by atoms with E-state index in [1.807, 2.05) is 6.07 Å². The number of benzene rings is 1. The van der Waals surface area contributed by atoms with Crippen molar-refractivity contribution in [2.75, 3.05) is 19.6 Å². The van der Waals surface area contributed by atoms with Crippen molar-refractivity contribution < 1.29 is 18.0 Å². The topological polar surface area (TPSA) is 58.1 Å². The van der Waals surface area contributed by atoms with Gasteiger partial charge in [0, 0.05) is 42.1 Å². The van der Waals surface area contributed by atoms with Crippen LogP contribution in [0.2, 0.25) is 5.02 Å². The third-order valence-corrected chi connectivity index (χ3v) is 4.56. The van der Waals surface area contributed by atoms with Crippen LogP contribution < -0.4 is 5.32 Å². The Morgan fingerprint density at radius 1 is 1.22 bits per heavy atom. The zero-order valence-electron chi connectivity index (χ0n) is 14.3. The van der Waals surface area contributed by atoms with Crippen LogP contribution in [0.3, 0.4) is 0 Å². The number of nitrogens with zero attached hydrogens (tertiary/aromatic N) is 3. The van der Waals surface area contributed by atoms with E-state index in [0.717, 1.165) is 5.56 Å². The second kappa shape index (κ2) is 8.22. The van der Waals surface area contributed by atoms with Crippen molar-refractivity contribution in [3.8, 4) is 11.4 Å². The van der Waals surface area contributed by atoms with Crippen molar-refractivity contribution in [3.05, 3.63) is 47.2 Å². The molecule has 0 aliphatic carbocycles. The number of rotatable bonds is 4. The number of carbonyl (C=O) groups excluding carboxylic acids is 1. The summed E-state index contributed by atoms with van der Waals surface area (Å²) in [5.41, 5.74) is 1.05. The Labute approximate surface area is 159 Å². The van der Waals surface area contributed by atoms with E-state index >= 15 is 0 Å². The van der Waals surface area contributed by atoms with Crippen LogP contribution in [-0.4, -0.2) is 52.6 Å². The summed E-state index contributed by atoms with van der Waals surface area (Å²) in [4.78, 5) is 22.1. The molecule has 0 atom stereocenters. The van der Waals surface area contributed by atoms with Crippen LogP contribution in [0.1, 0.15) is 23.2 Å². The number of alkyl halides is 3. The van der Waals surface area contributed by atoms with Crippen molar-refractivity contribution in [2.24, 2.45) is 0 Å². The van der Waals surface area contributed by atoms with E-state index in [1.54, 1.807) is 18.2 Å². The van der Waals surface area contributed by atoms with Gasteiger partial charge in [-0.25, -0.2) is 9.97 Å². The molecule has 27 heavy (non-hydrogen) atoms. The van der Waals surface area contributed by atoms with E-state index in [1.165, 1.54) is 17.3 Å². The van der Waals surface area contributed by atoms with Gasteiger partial charge in [0.15, 0.2) is 5.82 Å². The summed E-state index contributed by atoms with van der Waals surface area (Å²) in [5, 5.41) is 3.40. The molecule has 1 aliphatic rings. The molecule has 0 saturated carbocycles. The SMILES string of the molecule is O=C(NC1CCN(CC(F)(F)F)CC1)c1cnc(-c2cccc(Cl)c2)nc1. The zero-order chi connectivity index (χ0) is 19.4. The molecule has 9 heteroatoms. The second-order valence-electron chi connectivity index (χ2n) is 6.44. The highest BCUT2D eigenvalue weighted by Gasteiger charge is 2.32. The molecular formula is C18H18ClF3N4O. The minimum atomic E-state index is -4.20. The minimum Gasteiger partial charge on any atom is -0.349 e. The molecule has 5 nitrogen and oxygen atoms in total. The highest BCUT2D eigenvalue weighted by molar-refractivity contribution is 6.30. The van der Waals surface area contributed by atoms with E-state index < -0.39 is 12.7 Å². The van der Waals surface area contributed by atoms with Gasteiger partial charge < -0.3 is 5.32 Å². The maximum atomic E-state index is 12.4. The summed E-state index contributed by atoms with van der Waals surface area (Å²) in [5.74, 6) is 0.122. The van der Waals surface area contributed by atoms with Crippen molar-refractivity contribution in [1.82, 2.24) is 20.2 Å². The lowest BCUT2D eigenvalue weighted by Crippen LogP contribution is -2.47. The van der Waals surface area contributed by atoms with Gasteiger partial charge in [-0.1, -0.05) is 23.7 Å². The second-order valence-corrected chi connectivity index (χ2v) is 6.88. The standard InChI is InChI=1S/C18H18ClF3N4O/c19-14-3-1-2-12(8-14)16-23-9-13(10-24-16)17(27)25-15-4-6-26(7-5-15)11-18(20,21)22/h1-3,8-10,15H,4-7,11H2,(H,25,27). The van der Waals surface area contributed by atoms with Crippen molar-refractivity contribution in [2.45, 2.75) is 25.1 Å². The van der Waals surface area contributed by atoms with Crippen LogP contribution in [0, 0.1) is 0 Å². The van der Waals surface area contributed by atoms with Crippen molar-refractivity contribution >= 4 is 17.5 Å². The summed E-state index contributed by atoms with van der Waals surface area (Å²) < 4.78 is 37.2. The molecule has 1 fully saturated rings. The average molecular weight is 399 g/mol. The monoisotopic (exact) mass is 398 g/mol. The third kappa shape index (κ3) is 5.64. The van der Waals surface area contributed by atoms with Crippen LogP contribution in [0.4, 0.5) is 13.2 Å². The number of carbonyl (C=O) groups is 1. The lowest BCUT2D eigenvalue weighted by molar-refractivity contribution is -0.148. The van der Waals surface area contributed by atoms with E-state index in [-0.39, 0.29) is 11.9 Å². The average Bonchev–Trinajstić information content (AvgIpc) is 2.62. The van der Waals surface area contributed by atoms with Gasteiger partial charge >= 0.3 is 6.18 Å². The zero-order valence-corrected chi connectivity index (χ0v) is 15.1. The van der Waals surface area contributed by atoms with E-state index in [9.17, 15) is 18.0 Å². The normalized spacial score (nSPS) is 16.3. The molecule has 1 N–H and O–H groups in total. The van der Waals surface area contributed by atoms with E-state index in [0.29, 0.717) is 42.3 Å². The molecule has 1 saturated heterocycles. The van der Waals surface area contributed by atoms with Crippen molar-refractivity contribution in [1.29, 1.82) is 0 Å². The van der Waals surface area contributed by atoms with Gasteiger partial charge in [0.1, 0.15) is 0 Å². The number of amides is 1. The number of hydrogen-bond acceptors (Lipinski definition) is 4. The van der Waals surface area contributed by atoms with Gasteiger partial charge in [-0.3, -0.25) is 9.69 Å². The molecule has 2 aromatic rings. The molecule has 0 unspecified atom stereocenters. The van der Waals surface area contributed by atoms with Crippen LogP contribution in [-0.2, 0) is 0 Å². The van der Waals surface area contributed by atoms with Gasteiger partial charge in [0.25, 0.3) is 5.91 Å². The Morgan fingerprint density at radius 2 is 1.89 bits per heavy atom. The molecule has 1 aliphatic heterocycles. The number of piperidine rings is 1.